The Morgan fingerprint density at radius 1 is 0.183 bits per heavy atom. The Hall–Kier alpha value is -13.6. The van der Waals surface area contributed by atoms with Crippen LogP contribution in [0.25, 0.3) is 89.0 Å². The number of hydrogen-bond acceptors (Lipinski definition) is 16. The lowest BCUT2D eigenvalue weighted by molar-refractivity contribution is 1.01. The van der Waals surface area contributed by atoms with E-state index in [9.17, 15) is 0 Å². The SMILES string of the molecule is Cc1cc(C)c2c(n1)Cc1cnc(C)c(C)c1-2.Cc1cc2c(nc1C)Cc1cnc(C)c(C)c1-2.Cc1ccc2c(n1)Cc1c(C)nc(C)c(C)c1-2.Cc1cnc2c(c1)-c1c(ncc(C)c1C)C2.Cc1cnc2c(c1C)-c1c(C)ccnc1C2.Cc1cnc2c(c1C)-c1c(cnc(C)c1C)C2.Cc1cnc2c(c1C)-c1cccnc1C2.Cc1nc2c(c(C)c1C)-c1cccnc1C2. The minimum absolute atomic E-state index is 0.881. The Morgan fingerprint density at radius 3 is 1.16 bits per heavy atom. The predicted molar refractivity (Wildman–Crippen MR) is 530 cm³/mol. The highest BCUT2D eigenvalue weighted by molar-refractivity contribution is 5.86. The van der Waals surface area contributed by atoms with Gasteiger partial charge in [-0.3, -0.25) is 79.7 Å². The van der Waals surface area contributed by atoms with Crippen molar-refractivity contribution in [2.75, 3.05) is 0 Å². The van der Waals surface area contributed by atoms with Gasteiger partial charge in [-0.25, -0.2) is 0 Å². The van der Waals surface area contributed by atoms with Crippen LogP contribution in [0, 0.1) is 187 Å². The van der Waals surface area contributed by atoms with Crippen molar-refractivity contribution in [3.8, 4) is 89.0 Å². The molecule has 8 aliphatic carbocycles. The summed E-state index contributed by atoms with van der Waals surface area (Å²) in [7, 11) is 0. The van der Waals surface area contributed by atoms with Crippen molar-refractivity contribution in [3.05, 3.63) is 371 Å². The van der Waals surface area contributed by atoms with Gasteiger partial charge in [0.15, 0.2) is 0 Å². The molecule has 16 heterocycles. The minimum Gasteiger partial charge on any atom is -0.261 e. The van der Waals surface area contributed by atoms with Crippen LogP contribution in [0.2, 0.25) is 0 Å². The molecule has 8 aliphatic rings. The van der Waals surface area contributed by atoms with Gasteiger partial charge in [0.2, 0.25) is 0 Å². The van der Waals surface area contributed by atoms with Gasteiger partial charge in [-0.15, -0.1) is 0 Å². The third-order valence-electron chi connectivity index (χ3n) is 28.8. The molecule has 131 heavy (non-hydrogen) atoms. The minimum atomic E-state index is 0.881. The molecule has 0 atom stereocenters. The average Bonchev–Trinajstić information content (AvgIpc) is 1.56. The van der Waals surface area contributed by atoms with Crippen LogP contribution < -0.4 is 0 Å². The second-order valence-corrected chi connectivity index (χ2v) is 37.3. The highest BCUT2D eigenvalue weighted by atomic mass is 14.8. The van der Waals surface area contributed by atoms with Crippen LogP contribution in [-0.4, -0.2) is 79.7 Å². The first-order chi connectivity index (χ1) is 62.6. The summed E-state index contributed by atoms with van der Waals surface area (Å²) < 4.78 is 0. The fourth-order valence-corrected chi connectivity index (χ4v) is 20.2. The summed E-state index contributed by atoms with van der Waals surface area (Å²) in [5.41, 5.74) is 74.3. The number of pyridine rings is 16. The molecular weight excluding hydrogens is 1610 g/mol. The highest BCUT2D eigenvalue weighted by Gasteiger charge is 2.33. The molecule has 0 saturated carbocycles. The van der Waals surface area contributed by atoms with Crippen molar-refractivity contribution in [1.82, 2.24) is 79.7 Å². The number of rotatable bonds is 0. The summed E-state index contributed by atoms with van der Waals surface area (Å²) in [5.74, 6) is 0. The van der Waals surface area contributed by atoms with Crippen LogP contribution in [0.1, 0.15) is 242 Å². The van der Waals surface area contributed by atoms with Gasteiger partial charge in [0.1, 0.15) is 0 Å². The van der Waals surface area contributed by atoms with Crippen molar-refractivity contribution in [2.45, 2.75) is 238 Å². The molecule has 0 bridgehead atoms. The van der Waals surface area contributed by atoms with Crippen LogP contribution in [-0.2, 0) is 51.4 Å². The summed E-state index contributed by atoms with van der Waals surface area (Å²) in [6.45, 7) is 57.4. The molecule has 0 fully saturated rings. The summed E-state index contributed by atoms with van der Waals surface area (Å²) in [5, 5.41) is 0. The third-order valence-corrected chi connectivity index (χ3v) is 28.8. The van der Waals surface area contributed by atoms with Gasteiger partial charge in [-0.1, -0.05) is 18.2 Å². The van der Waals surface area contributed by atoms with E-state index >= 15 is 0 Å². The van der Waals surface area contributed by atoms with Crippen molar-refractivity contribution in [1.29, 1.82) is 0 Å². The second-order valence-electron chi connectivity index (χ2n) is 37.3. The molecule has 16 aromatic heterocycles. The standard InChI is InChI=1S/4C15H16N2.3C14H14N2.C13H12N2/c1-8-6-17-13-5-12-7-16-11(4)10(3)14(12)15(13)9(8)2;1-8-5-13-14(17-10(8)3)6-12-7-16-11(4)9(2)15(12)13;1-8-5-9(2)17-13-6-12-7-16-11(4)10(3)15(12)14(8)13;1-8-5-6-12-14(16-8)7-13-11(4)17-10(3)9(2)15(12)13;1-8-4-11-12(15-6-8)5-13-14(11)10(3)9(2)7-16-13;1-8-4-5-15-11-6-12-14(13(8)11)10(3)9(2)7-16-12;1-8-9(2)14-11-5-4-6-15-12(11)7-13(14)16-10(8)3;1-8-7-15-12-6-11-10(4-3-5-14-11)13(12)9(8)2/h6-7H,5H2,1-4H3;2*5,7H,6H2,1-4H3;5-6H,7H2,1-4H3;4,6-7H,5H2,1-3H3;4-5,7H,6H2,1-3H3;4-6H,7H2,1-3H3;3-5,7H,6H2,1-2H3. The van der Waals surface area contributed by atoms with Gasteiger partial charge in [0.05, 0.1) is 68.3 Å². The lowest BCUT2D eigenvalue weighted by atomic mass is 9.96. The first-order valence-electron chi connectivity index (χ1n) is 45.9. The number of fused-ring (bicyclic) bond motifs is 24. The number of aromatic nitrogens is 16. The van der Waals surface area contributed by atoms with Gasteiger partial charge in [-0.05, 0) is 374 Å². The van der Waals surface area contributed by atoms with Crippen LogP contribution in [0.15, 0.2) is 129 Å². The fraction of sp³-hybridized carbons (Fsp3) is 0.304. The van der Waals surface area contributed by atoms with Crippen LogP contribution >= 0.6 is 0 Å². The zero-order chi connectivity index (χ0) is 92.9. The molecular formula is C115H118N16. The summed E-state index contributed by atoms with van der Waals surface area (Å²) >= 11 is 0. The van der Waals surface area contributed by atoms with E-state index in [1.807, 2.05) is 87.2 Å². The Balaban J connectivity index is 0.000000105. The van der Waals surface area contributed by atoms with Gasteiger partial charge in [0, 0.05) is 238 Å². The monoisotopic (exact) mass is 1720 g/mol. The fourth-order valence-electron chi connectivity index (χ4n) is 20.2. The Bertz CT molecular complexity index is 7380. The molecule has 0 aromatic carbocycles. The Kier molecular flexibility index (Phi) is 24.4. The molecule has 0 aliphatic heterocycles. The maximum absolute atomic E-state index is 4.71. The number of nitrogens with zero attached hydrogens (tertiary/aromatic N) is 16. The van der Waals surface area contributed by atoms with Crippen molar-refractivity contribution in [2.24, 2.45) is 0 Å². The third kappa shape index (κ3) is 16.5. The van der Waals surface area contributed by atoms with E-state index in [0.717, 1.165) is 114 Å². The van der Waals surface area contributed by atoms with E-state index in [-0.39, 0.29) is 0 Å². The molecule has 0 radical (unpaired) electrons. The summed E-state index contributed by atoms with van der Waals surface area (Å²) in [6.07, 6.45) is 28.7. The molecule has 0 spiro atoms. The zero-order valence-electron chi connectivity index (χ0n) is 81.4. The first kappa shape index (κ1) is 89.4. The van der Waals surface area contributed by atoms with Crippen LogP contribution in [0.4, 0.5) is 0 Å². The molecule has 0 N–H and O–H groups in total. The number of hydrogen-bond donors (Lipinski definition) is 0. The predicted octanol–water partition coefficient (Wildman–Crippen LogP) is 24.7. The molecule has 16 heteroatoms. The maximum atomic E-state index is 4.71. The molecule has 0 amide bonds. The van der Waals surface area contributed by atoms with E-state index in [2.05, 4.69) is 303 Å². The molecule has 0 saturated heterocycles. The van der Waals surface area contributed by atoms with E-state index in [1.165, 1.54) is 268 Å². The number of aryl methyl sites for hydroxylation is 17. The van der Waals surface area contributed by atoms with Gasteiger partial charge in [-0.2, -0.15) is 0 Å². The molecule has 0 unspecified atom stereocenters. The normalized spacial score (nSPS) is 12.5. The molecule has 16 aromatic rings. The van der Waals surface area contributed by atoms with Gasteiger partial charge < -0.3 is 0 Å². The highest BCUT2D eigenvalue weighted by Crippen LogP contribution is 2.48. The maximum Gasteiger partial charge on any atom is 0.0548 e. The van der Waals surface area contributed by atoms with E-state index in [1.54, 1.807) is 0 Å². The van der Waals surface area contributed by atoms with Crippen molar-refractivity contribution < 1.29 is 0 Å². The van der Waals surface area contributed by atoms with E-state index in [0.29, 0.717) is 0 Å². The average molecular weight is 1720 g/mol. The second kappa shape index (κ2) is 35.7. The van der Waals surface area contributed by atoms with Crippen molar-refractivity contribution in [3.63, 3.8) is 0 Å². The first-order valence-corrected chi connectivity index (χ1v) is 45.9. The Labute approximate surface area is 773 Å². The summed E-state index contributed by atoms with van der Waals surface area (Å²) in [4.78, 5) is 72.7. The zero-order valence-corrected chi connectivity index (χ0v) is 81.4. The van der Waals surface area contributed by atoms with E-state index < -0.39 is 0 Å². The molecule has 24 rings (SSSR count). The van der Waals surface area contributed by atoms with Crippen molar-refractivity contribution >= 4 is 0 Å². The topological polar surface area (TPSA) is 206 Å². The van der Waals surface area contributed by atoms with Gasteiger partial charge in [0.25, 0.3) is 0 Å². The van der Waals surface area contributed by atoms with Gasteiger partial charge >= 0.3 is 0 Å². The van der Waals surface area contributed by atoms with Crippen LogP contribution in [0.5, 0.6) is 0 Å². The quantitative estimate of drug-likeness (QED) is 0.138. The molecule has 658 valence electrons. The van der Waals surface area contributed by atoms with Crippen LogP contribution in [0.3, 0.4) is 0 Å². The lowest BCUT2D eigenvalue weighted by Crippen LogP contribution is -1.97. The lowest BCUT2D eigenvalue weighted by Gasteiger charge is -2.11. The van der Waals surface area contributed by atoms with E-state index in [4.69, 9.17) is 4.98 Å². The largest absolute Gasteiger partial charge is 0.261 e. The smallest absolute Gasteiger partial charge is 0.0548 e. The molecule has 16 nitrogen and oxygen atoms in total. The summed E-state index contributed by atoms with van der Waals surface area (Å²) in [6, 6.07) is 21.3. The Morgan fingerprint density at radius 2 is 0.573 bits per heavy atom.